The van der Waals surface area contributed by atoms with Gasteiger partial charge in [-0.3, -0.25) is 4.79 Å². The number of nitrogens with one attached hydrogen (secondary N) is 1. The molecule has 0 aromatic heterocycles. The van der Waals surface area contributed by atoms with Gasteiger partial charge in [0.25, 0.3) is 5.91 Å². The second-order valence-corrected chi connectivity index (χ2v) is 4.95. The van der Waals surface area contributed by atoms with E-state index in [-0.39, 0.29) is 12.3 Å². The summed E-state index contributed by atoms with van der Waals surface area (Å²) in [4.78, 5) is 11.4. The fourth-order valence-corrected chi connectivity index (χ4v) is 1.65. The van der Waals surface area contributed by atoms with Crippen LogP contribution >= 0.6 is 0 Å². The third-order valence-electron chi connectivity index (χ3n) is 2.53. The highest BCUT2D eigenvalue weighted by atomic mass is 19.1. The molecule has 0 aliphatic carbocycles. The summed E-state index contributed by atoms with van der Waals surface area (Å²) in [6, 6.07) is 2.84. The van der Waals surface area contributed by atoms with Crippen molar-refractivity contribution in [3.8, 4) is 5.75 Å². The van der Waals surface area contributed by atoms with Gasteiger partial charge in [0, 0.05) is 12.6 Å². The van der Waals surface area contributed by atoms with Gasteiger partial charge in [0.1, 0.15) is 5.82 Å². The molecule has 0 spiro atoms. The molecule has 1 aromatic carbocycles. The maximum Gasteiger partial charge on any atom is 0.258 e. The summed E-state index contributed by atoms with van der Waals surface area (Å²) < 4.78 is 30.8. The molecular formula is C14H19F2NO3. The van der Waals surface area contributed by atoms with Crippen LogP contribution in [0.25, 0.3) is 0 Å². The lowest BCUT2D eigenvalue weighted by Crippen LogP contribution is -2.35. The standard InChI is InChI=1S/C14H19F2NO3/c1-9(2)5-11(18)7-17-14(19)8-20-13-4-3-10(15)6-12(13)16/h3-4,6,9,11,18H,5,7-8H2,1-2H3,(H,17,19). The van der Waals surface area contributed by atoms with Crippen molar-refractivity contribution in [2.45, 2.75) is 26.4 Å². The predicted molar refractivity (Wildman–Crippen MR) is 70.3 cm³/mol. The first kappa shape index (κ1) is 16.4. The van der Waals surface area contributed by atoms with Crippen molar-refractivity contribution in [2.75, 3.05) is 13.2 Å². The molecule has 1 rings (SSSR count). The summed E-state index contributed by atoms with van der Waals surface area (Å²) in [5.41, 5.74) is 0. The lowest BCUT2D eigenvalue weighted by Gasteiger charge is -2.14. The quantitative estimate of drug-likeness (QED) is 0.805. The highest BCUT2D eigenvalue weighted by Crippen LogP contribution is 2.17. The Balaban J connectivity index is 2.33. The van der Waals surface area contributed by atoms with Crippen LogP contribution in [0.2, 0.25) is 0 Å². The molecule has 1 amide bonds. The first-order valence-electron chi connectivity index (χ1n) is 6.41. The van der Waals surface area contributed by atoms with E-state index in [1.807, 2.05) is 13.8 Å². The van der Waals surface area contributed by atoms with Crippen molar-refractivity contribution in [3.05, 3.63) is 29.8 Å². The minimum Gasteiger partial charge on any atom is -0.481 e. The average Bonchev–Trinajstić information content (AvgIpc) is 2.34. The summed E-state index contributed by atoms with van der Waals surface area (Å²) in [5.74, 6) is -1.92. The second kappa shape index (κ2) is 7.79. The van der Waals surface area contributed by atoms with E-state index in [4.69, 9.17) is 4.74 Å². The number of aliphatic hydroxyl groups is 1. The number of amides is 1. The van der Waals surface area contributed by atoms with E-state index >= 15 is 0 Å². The van der Waals surface area contributed by atoms with E-state index in [9.17, 15) is 18.7 Å². The Bertz CT molecular complexity index is 452. The molecule has 0 fully saturated rings. The molecule has 0 aliphatic heterocycles. The van der Waals surface area contributed by atoms with Gasteiger partial charge in [-0.15, -0.1) is 0 Å². The first-order valence-corrected chi connectivity index (χ1v) is 6.41. The third kappa shape index (κ3) is 5.97. The van der Waals surface area contributed by atoms with E-state index in [1.165, 1.54) is 0 Å². The zero-order chi connectivity index (χ0) is 15.1. The van der Waals surface area contributed by atoms with Gasteiger partial charge in [0.05, 0.1) is 6.10 Å². The Hall–Kier alpha value is -1.69. The number of aliphatic hydroxyl groups excluding tert-OH is 1. The van der Waals surface area contributed by atoms with Crippen molar-refractivity contribution in [3.63, 3.8) is 0 Å². The van der Waals surface area contributed by atoms with Gasteiger partial charge in [0.2, 0.25) is 0 Å². The molecule has 0 heterocycles. The SMILES string of the molecule is CC(C)CC(O)CNC(=O)COc1ccc(F)cc1F. The van der Waals surface area contributed by atoms with Gasteiger partial charge in [0.15, 0.2) is 18.2 Å². The Kier molecular flexibility index (Phi) is 6.38. The lowest BCUT2D eigenvalue weighted by atomic mass is 10.1. The van der Waals surface area contributed by atoms with Gasteiger partial charge in [-0.25, -0.2) is 8.78 Å². The molecular weight excluding hydrogens is 268 g/mol. The topological polar surface area (TPSA) is 58.6 Å². The van der Waals surface area contributed by atoms with Crippen molar-refractivity contribution in [1.82, 2.24) is 5.32 Å². The zero-order valence-electron chi connectivity index (χ0n) is 11.5. The van der Waals surface area contributed by atoms with Gasteiger partial charge in [-0.1, -0.05) is 13.8 Å². The normalized spacial score (nSPS) is 12.3. The molecule has 0 saturated carbocycles. The van der Waals surface area contributed by atoms with Gasteiger partial charge in [-0.2, -0.15) is 0 Å². The summed E-state index contributed by atoms with van der Waals surface area (Å²) in [6.07, 6.45) is -0.0465. The van der Waals surface area contributed by atoms with Crippen molar-refractivity contribution < 1.29 is 23.4 Å². The number of ether oxygens (including phenoxy) is 1. The van der Waals surface area contributed by atoms with Crippen LogP contribution in [0.1, 0.15) is 20.3 Å². The number of benzene rings is 1. The Morgan fingerprint density at radius 1 is 1.40 bits per heavy atom. The molecule has 1 aromatic rings. The van der Waals surface area contributed by atoms with Crippen LogP contribution in [0.3, 0.4) is 0 Å². The van der Waals surface area contributed by atoms with E-state index in [0.29, 0.717) is 18.4 Å². The van der Waals surface area contributed by atoms with E-state index < -0.39 is 30.3 Å². The molecule has 4 nitrogen and oxygen atoms in total. The van der Waals surface area contributed by atoms with Gasteiger partial charge < -0.3 is 15.2 Å². The minimum absolute atomic E-state index is 0.117. The predicted octanol–water partition coefficient (Wildman–Crippen LogP) is 1.87. The van der Waals surface area contributed by atoms with Crippen molar-refractivity contribution in [2.24, 2.45) is 5.92 Å². The summed E-state index contributed by atoms with van der Waals surface area (Å²) in [5, 5.41) is 12.0. The second-order valence-electron chi connectivity index (χ2n) is 4.95. The average molecular weight is 287 g/mol. The third-order valence-corrected chi connectivity index (χ3v) is 2.53. The Labute approximate surface area is 116 Å². The molecule has 2 N–H and O–H groups in total. The van der Waals surface area contributed by atoms with Gasteiger partial charge in [-0.05, 0) is 24.5 Å². The van der Waals surface area contributed by atoms with E-state index in [0.717, 1.165) is 12.1 Å². The van der Waals surface area contributed by atoms with E-state index in [1.54, 1.807) is 0 Å². The summed E-state index contributed by atoms with van der Waals surface area (Å²) in [6.45, 7) is 3.65. The highest BCUT2D eigenvalue weighted by molar-refractivity contribution is 5.77. The fraction of sp³-hybridized carbons (Fsp3) is 0.500. The minimum atomic E-state index is -0.863. The number of hydrogen-bond acceptors (Lipinski definition) is 3. The highest BCUT2D eigenvalue weighted by Gasteiger charge is 2.11. The molecule has 0 radical (unpaired) electrons. The monoisotopic (exact) mass is 287 g/mol. The molecule has 112 valence electrons. The van der Waals surface area contributed by atoms with Crippen molar-refractivity contribution >= 4 is 5.91 Å². The maximum absolute atomic E-state index is 13.2. The van der Waals surface area contributed by atoms with Gasteiger partial charge >= 0.3 is 0 Å². The van der Waals surface area contributed by atoms with Crippen LogP contribution in [0.4, 0.5) is 8.78 Å². The number of hydrogen-bond donors (Lipinski definition) is 2. The Morgan fingerprint density at radius 3 is 2.70 bits per heavy atom. The van der Waals surface area contributed by atoms with Crippen LogP contribution < -0.4 is 10.1 Å². The molecule has 0 saturated heterocycles. The smallest absolute Gasteiger partial charge is 0.258 e. The molecule has 6 heteroatoms. The lowest BCUT2D eigenvalue weighted by molar-refractivity contribution is -0.123. The molecule has 1 atom stereocenters. The maximum atomic E-state index is 13.2. The van der Waals surface area contributed by atoms with Crippen molar-refractivity contribution in [1.29, 1.82) is 0 Å². The number of rotatable bonds is 7. The molecule has 0 bridgehead atoms. The van der Waals surface area contributed by atoms with Crippen LogP contribution in [0, 0.1) is 17.6 Å². The fourth-order valence-electron chi connectivity index (χ4n) is 1.65. The molecule has 0 aliphatic rings. The number of halogens is 2. The summed E-state index contributed by atoms with van der Waals surface area (Å²) in [7, 11) is 0. The van der Waals surface area contributed by atoms with Crippen LogP contribution in [-0.4, -0.2) is 30.3 Å². The molecule has 20 heavy (non-hydrogen) atoms. The zero-order valence-corrected chi connectivity index (χ0v) is 11.5. The summed E-state index contributed by atoms with van der Waals surface area (Å²) >= 11 is 0. The number of carbonyl (C=O) groups excluding carboxylic acids is 1. The van der Waals surface area contributed by atoms with Crippen LogP contribution in [0.5, 0.6) is 5.75 Å². The molecule has 1 unspecified atom stereocenters. The van der Waals surface area contributed by atoms with Crippen LogP contribution in [-0.2, 0) is 4.79 Å². The Morgan fingerprint density at radius 2 is 2.10 bits per heavy atom. The number of carbonyl (C=O) groups is 1. The first-order chi connectivity index (χ1) is 9.38. The largest absolute Gasteiger partial charge is 0.481 e. The van der Waals surface area contributed by atoms with E-state index in [2.05, 4.69) is 5.32 Å². The van der Waals surface area contributed by atoms with Crippen LogP contribution in [0.15, 0.2) is 18.2 Å².